The van der Waals surface area contributed by atoms with Gasteiger partial charge < -0.3 is 0 Å². The van der Waals surface area contributed by atoms with E-state index in [1.807, 2.05) is 0 Å². The molecule has 0 bridgehead atoms. The zero-order valence-electron chi connectivity index (χ0n) is 6.36. The highest BCUT2D eigenvalue weighted by atomic mass is 33.2. The molecule has 0 aromatic carbocycles. The fourth-order valence-electron chi connectivity index (χ4n) is 0. The van der Waals surface area contributed by atoms with Crippen molar-refractivity contribution < 1.29 is 48.4 Å². The van der Waals surface area contributed by atoms with Gasteiger partial charge in [-0.3, -0.25) is 27.3 Å². The van der Waals surface area contributed by atoms with Crippen LogP contribution in [0.5, 0.6) is 0 Å². The van der Waals surface area contributed by atoms with Crippen molar-refractivity contribution in [2.24, 2.45) is 0 Å². The molecule has 0 saturated heterocycles. The van der Waals surface area contributed by atoms with Crippen LogP contribution in [0.2, 0.25) is 0 Å². The molecule has 0 fully saturated rings. The van der Waals surface area contributed by atoms with Crippen molar-refractivity contribution in [2.45, 2.75) is 0 Å². The van der Waals surface area contributed by atoms with Gasteiger partial charge in [0.25, 0.3) is 22.7 Å². The number of hydrogen-bond acceptors (Lipinski definition) is 5. The second-order valence-corrected chi connectivity index (χ2v) is 5.44. The number of rotatable bonds is 1. The summed E-state index contributed by atoms with van der Waals surface area (Å²) in [4.78, 5) is 0. The predicted octanol–water partition coefficient (Wildman–Crippen LogP) is -1.63. The molecule has 0 aliphatic rings. The minimum atomic E-state index is -4.71. The summed E-state index contributed by atoms with van der Waals surface area (Å²) in [5.41, 5.74) is 0. The fourth-order valence-corrected chi connectivity index (χ4v) is 0. The van der Waals surface area contributed by atoms with Gasteiger partial charge in [0.15, 0.2) is 0 Å². The molecule has 96 valence electrons. The summed E-state index contributed by atoms with van der Waals surface area (Å²) in [7, 11) is -7.87. The predicted molar refractivity (Wildman–Crippen MR) is 49.1 cm³/mol. The van der Waals surface area contributed by atoms with E-state index in [0.29, 0.717) is 0 Å². The summed E-state index contributed by atoms with van der Waals surface area (Å²) in [5.74, 6) is 0. The second kappa shape index (κ2) is 10.7. The summed E-state index contributed by atoms with van der Waals surface area (Å²) in [6.07, 6.45) is 0. The molecule has 0 radical (unpaired) electrons. The van der Waals surface area contributed by atoms with Crippen LogP contribution in [0.25, 0.3) is 0 Å². The van der Waals surface area contributed by atoms with Crippen LogP contribution in [0.1, 0.15) is 0 Å². The lowest BCUT2D eigenvalue weighted by molar-refractivity contribution is 0.452. The first-order valence-corrected chi connectivity index (χ1v) is 7.29. The summed E-state index contributed by atoms with van der Waals surface area (Å²) < 4.78 is 88.7. The van der Waals surface area contributed by atoms with Crippen molar-refractivity contribution in [3.63, 3.8) is 0 Å². The first kappa shape index (κ1) is 20.6. The highest BCUT2D eigenvalue weighted by Gasteiger charge is 2.10. The lowest BCUT2D eigenvalue weighted by Crippen LogP contribution is -2.03. The molecule has 15 heteroatoms. The molecule has 0 aliphatic carbocycles. The van der Waals surface area contributed by atoms with E-state index in [0.717, 1.165) is 0 Å². The third-order valence-corrected chi connectivity index (χ3v) is 1.62. The smallest absolute Gasteiger partial charge is 0.292 e. The van der Waals surface area contributed by atoms with E-state index in [2.05, 4.69) is 0 Å². The van der Waals surface area contributed by atoms with E-state index >= 15 is 0 Å². The van der Waals surface area contributed by atoms with Crippen molar-refractivity contribution in [3.8, 4) is 0 Å². The maximum absolute atomic E-state index is 9.34. The minimum Gasteiger partial charge on any atom is -0.292 e. The summed E-state index contributed by atoms with van der Waals surface area (Å²) >= 11 is -5.22. The van der Waals surface area contributed by atoms with E-state index in [4.69, 9.17) is 35.7 Å². The van der Waals surface area contributed by atoms with Gasteiger partial charge in [-0.25, -0.2) is 4.21 Å². The van der Waals surface area contributed by atoms with Gasteiger partial charge >= 0.3 is 19.3 Å². The van der Waals surface area contributed by atoms with Crippen molar-refractivity contribution in [1.82, 2.24) is 0 Å². The van der Waals surface area contributed by atoms with Gasteiger partial charge in [-0.05, 0) is 0 Å². The third kappa shape index (κ3) is 55.2. The Balaban J connectivity index is -0.000000155. The average Bonchev–Trinajstić information content (AvgIpc) is 1.80. The Kier molecular flexibility index (Phi) is 14.6. The molecule has 0 aliphatic heterocycles. The zero-order chi connectivity index (χ0) is 13.2. The van der Waals surface area contributed by atoms with Crippen molar-refractivity contribution >= 4 is 42.0 Å². The molecule has 1 atom stereocenters. The zero-order valence-corrected chi connectivity index (χ0v) is 9.62. The lowest BCUT2D eigenvalue weighted by atomic mass is 15.8. The topological polar surface area (TPSA) is 207 Å². The maximum Gasteiger partial charge on any atom is 0.373 e. The Hall–Kier alpha value is 0.160. The first-order valence-electron chi connectivity index (χ1n) is 2.10. The van der Waals surface area contributed by atoms with Crippen LogP contribution in [0.3, 0.4) is 0 Å². The summed E-state index contributed by atoms with van der Waals surface area (Å²) in [6.45, 7) is 0. The van der Waals surface area contributed by atoms with E-state index in [1.165, 1.54) is 0 Å². The Morgan fingerprint density at radius 2 is 0.800 bits per heavy atom. The van der Waals surface area contributed by atoms with Crippen molar-refractivity contribution in [1.29, 1.82) is 0 Å². The molecule has 1 unspecified atom stereocenters. The van der Waals surface area contributed by atoms with Crippen LogP contribution in [0, 0.1) is 0 Å². The van der Waals surface area contributed by atoms with Crippen LogP contribution in [0.4, 0.5) is 0 Å². The minimum absolute atomic E-state index is 2.61. The van der Waals surface area contributed by atoms with Gasteiger partial charge in [0, 0.05) is 0 Å². The summed E-state index contributed by atoms with van der Waals surface area (Å²) in [5, 5.41) is 0. The van der Waals surface area contributed by atoms with Crippen LogP contribution in [-0.2, 0) is 42.0 Å². The molecule has 0 saturated carbocycles. The monoisotopic (exact) mass is 310 g/mol. The first-order chi connectivity index (χ1) is 6.41. The molecule has 0 rings (SSSR count). The molecule has 6 N–H and O–H groups in total. The molecule has 11 nitrogen and oxygen atoms in total. The number of hydrogen-bond donors (Lipinski definition) is 6. The highest BCUT2D eigenvalue weighted by molar-refractivity contribution is 8.59. The lowest BCUT2D eigenvalue weighted by Gasteiger charge is -1.80. The van der Waals surface area contributed by atoms with E-state index in [9.17, 15) is 12.6 Å². The van der Waals surface area contributed by atoms with Crippen LogP contribution in [0.15, 0.2) is 0 Å². The standard InChI is InChI=1S/H2O5S2.2H2O3S/c1-6(2)7(3,4)5;2*1-4(2)3/h(H,1,2)(H,3,4,5);2*(H2,1,2,3). The Morgan fingerprint density at radius 1 is 0.733 bits per heavy atom. The van der Waals surface area contributed by atoms with Crippen molar-refractivity contribution in [3.05, 3.63) is 0 Å². The van der Waals surface area contributed by atoms with Gasteiger partial charge in [-0.1, -0.05) is 0 Å². The van der Waals surface area contributed by atoms with Gasteiger partial charge in [0.1, 0.15) is 0 Å². The van der Waals surface area contributed by atoms with E-state index < -0.39 is 42.0 Å². The van der Waals surface area contributed by atoms with Gasteiger partial charge in [0.05, 0.1) is 0 Å². The molecule has 0 amide bonds. The van der Waals surface area contributed by atoms with Crippen LogP contribution >= 0.6 is 0 Å². The normalized spacial score (nSPS) is 12.3. The van der Waals surface area contributed by atoms with Crippen LogP contribution in [-0.4, -0.2) is 48.4 Å². The molecular formula is H6O11S4. The van der Waals surface area contributed by atoms with Crippen LogP contribution < -0.4 is 0 Å². The largest absolute Gasteiger partial charge is 0.373 e. The van der Waals surface area contributed by atoms with Gasteiger partial charge in [0.2, 0.25) is 0 Å². The molecule has 0 aromatic heterocycles. The summed E-state index contributed by atoms with van der Waals surface area (Å²) in [6, 6.07) is 0. The Morgan fingerprint density at radius 3 is 0.800 bits per heavy atom. The third-order valence-electron chi connectivity index (χ3n) is 0.180. The SMILES string of the molecule is O=S(O)O.O=S(O)O.O=S(O)S(=O)(=O)O. The molecule has 0 aromatic rings. The van der Waals surface area contributed by atoms with E-state index in [1.54, 1.807) is 0 Å². The fraction of sp³-hybridized carbons (Fsp3) is 0. The van der Waals surface area contributed by atoms with Crippen molar-refractivity contribution in [2.75, 3.05) is 0 Å². The molecule has 0 spiro atoms. The maximum atomic E-state index is 9.34. The average molecular weight is 310 g/mol. The Bertz CT molecular complexity index is 287. The van der Waals surface area contributed by atoms with Gasteiger partial charge in [-0.15, -0.1) is 0 Å². The molecular weight excluding hydrogens is 304 g/mol. The quantitative estimate of drug-likeness (QED) is 0.184. The highest BCUT2D eigenvalue weighted by Crippen LogP contribution is 1.83. The molecule has 15 heavy (non-hydrogen) atoms. The second-order valence-electron chi connectivity index (χ2n) is 1.11. The van der Waals surface area contributed by atoms with E-state index in [-0.39, 0.29) is 0 Å². The Labute approximate surface area is 90.6 Å². The molecule has 0 heterocycles. The van der Waals surface area contributed by atoms with Gasteiger partial charge in [-0.2, -0.15) is 16.8 Å².